The normalized spacial score (nSPS) is 15.5. The number of ether oxygens (including phenoxy) is 1. The minimum absolute atomic E-state index is 0.551. The van der Waals surface area contributed by atoms with E-state index in [0.717, 1.165) is 38.3 Å². The highest BCUT2D eigenvalue weighted by Gasteiger charge is 2.19. The van der Waals surface area contributed by atoms with Gasteiger partial charge in [-0.25, -0.2) is 4.98 Å². The van der Waals surface area contributed by atoms with Gasteiger partial charge in [0, 0.05) is 45.0 Å². The van der Waals surface area contributed by atoms with Crippen molar-refractivity contribution in [3.8, 4) is 0 Å². The summed E-state index contributed by atoms with van der Waals surface area (Å²) in [4.78, 5) is 6.97. The number of nitrogens with zero attached hydrogens (tertiary/aromatic N) is 5. The molecule has 0 saturated heterocycles. The standard InChI is InChI=1S/C16H23N5O/c1-3-7-22-12-15-16-11-20(5-4-6-21(16)13-17-15)10-14-8-18-19(2)9-14/h3,8-9,13H,1,4-7,10-12H2,2H3. The SMILES string of the molecule is C=CCOCc1ncn2c1CN(Cc1cnn(C)c1)CCC2. The number of fused-ring (bicyclic) bond motifs is 1. The molecular formula is C16H23N5O. The van der Waals surface area contributed by atoms with Crippen LogP contribution in [0.1, 0.15) is 23.4 Å². The van der Waals surface area contributed by atoms with Crippen LogP contribution in [0.4, 0.5) is 0 Å². The van der Waals surface area contributed by atoms with E-state index in [-0.39, 0.29) is 0 Å². The maximum atomic E-state index is 5.57. The maximum absolute atomic E-state index is 5.57. The summed E-state index contributed by atoms with van der Waals surface area (Å²) < 4.78 is 9.68. The predicted molar refractivity (Wildman–Crippen MR) is 84.0 cm³/mol. The van der Waals surface area contributed by atoms with Crippen molar-refractivity contribution < 1.29 is 4.74 Å². The molecule has 0 bridgehead atoms. The molecule has 0 aromatic carbocycles. The Morgan fingerprint density at radius 3 is 3.09 bits per heavy atom. The first-order valence-electron chi connectivity index (χ1n) is 7.67. The lowest BCUT2D eigenvalue weighted by atomic mass is 10.2. The highest BCUT2D eigenvalue weighted by atomic mass is 16.5. The van der Waals surface area contributed by atoms with Crippen LogP contribution >= 0.6 is 0 Å². The summed E-state index contributed by atoms with van der Waals surface area (Å²) in [6.45, 7) is 8.72. The molecule has 0 unspecified atom stereocenters. The Labute approximate surface area is 131 Å². The van der Waals surface area contributed by atoms with E-state index < -0.39 is 0 Å². The van der Waals surface area contributed by atoms with Crippen LogP contribution in [-0.4, -0.2) is 37.4 Å². The summed E-state index contributed by atoms with van der Waals surface area (Å²) in [5.74, 6) is 0. The third-order valence-corrected chi connectivity index (χ3v) is 3.92. The quantitative estimate of drug-likeness (QED) is 0.602. The van der Waals surface area contributed by atoms with Gasteiger partial charge in [0.2, 0.25) is 0 Å². The molecule has 1 aliphatic rings. The zero-order chi connectivity index (χ0) is 15.4. The van der Waals surface area contributed by atoms with E-state index in [1.807, 2.05) is 24.3 Å². The summed E-state index contributed by atoms with van der Waals surface area (Å²) in [6, 6.07) is 0. The molecular weight excluding hydrogens is 278 g/mol. The highest BCUT2D eigenvalue weighted by molar-refractivity contribution is 5.14. The minimum atomic E-state index is 0.551. The average Bonchev–Trinajstić information content (AvgIpc) is 3.01. The number of hydrogen-bond donors (Lipinski definition) is 0. The van der Waals surface area contributed by atoms with Crippen LogP contribution in [0, 0.1) is 0 Å². The van der Waals surface area contributed by atoms with Crippen molar-refractivity contribution in [2.24, 2.45) is 7.05 Å². The number of rotatable bonds is 6. The Balaban J connectivity index is 1.70. The van der Waals surface area contributed by atoms with Crippen LogP contribution in [0.2, 0.25) is 0 Å². The lowest BCUT2D eigenvalue weighted by molar-refractivity contribution is 0.144. The van der Waals surface area contributed by atoms with Gasteiger partial charge in [-0.3, -0.25) is 9.58 Å². The van der Waals surface area contributed by atoms with Gasteiger partial charge in [-0.1, -0.05) is 6.08 Å². The maximum Gasteiger partial charge on any atom is 0.0953 e. The summed E-state index contributed by atoms with van der Waals surface area (Å²) in [5.41, 5.74) is 3.56. The van der Waals surface area contributed by atoms with Gasteiger partial charge < -0.3 is 9.30 Å². The Morgan fingerprint density at radius 2 is 2.32 bits per heavy atom. The predicted octanol–water partition coefficient (Wildman–Crippen LogP) is 1.73. The zero-order valence-electron chi connectivity index (χ0n) is 13.1. The van der Waals surface area contributed by atoms with Gasteiger partial charge >= 0.3 is 0 Å². The molecule has 0 spiro atoms. The van der Waals surface area contributed by atoms with Crippen LogP contribution in [0.5, 0.6) is 0 Å². The molecule has 0 saturated carbocycles. The van der Waals surface area contributed by atoms with E-state index in [0.29, 0.717) is 13.2 Å². The third-order valence-electron chi connectivity index (χ3n) is 3.92. The summed E-state index contributed by atoms with van der Waals surface area (Å²) in [6.07, 6.45) is 8.86. The van der Waals surface area contributed by atoms with Crippen LogP contribution < -0.4 is 0 Å². The van der Waals surface area contributed by atoms with Crippen molar-refractivity contribution in [3.63, 3.8) is 0 Å². The number of imidazole rings is 1. The van der Waals surface area contributed by atoms with Gasteiger partial charge in [-0.2, -0.15) is 5.10 Å². The van der Waals surface area contributed by atoms with Crippen molar-refractivity contribution in [1.82, 2.24) is 24.2 Å². The van der Waals surface area contributed by atoms with Gasteiger partial charge in [0.25, 0.3) is 0 Å². The van der Waals surface area contributed by atoms with E-state index in [2.05, 4.69) is 32.3 Å². The topological polar surface area (TPSA) is 48.1 Å². The van der Waals surface area contributed by atoms with Gasteiger partial charge in [0.05, 0.1) is 37.1 Å². The van der Waals surface area contributed by atoms with E-state index in [1.54, 1.807) is 6.08 Å². The molecule has 2 aromatic rings. The van der Waals surface area contributed by atoms with Crippen LogP contribution in [0.3, 0.4) is 0 Å². The minimum Gasteiger partial charge on any atom is -0.371 e. The smallest absolute Gasteiger partial charge is 0.0953 e. The molecule has 0 N–H and O–H groups in total. The fourth-order valence-electron chi connectivity index (χ4n) is 2.89. The van der Waals surface area contributed by atoms with Crippen LogP contribution in [-0.2, 0) is 38.0 Å². The van der Waals surface area contributed by atoms with Crippen molar-refractivity contribution in [1.29, 1.82) is 0 Å². The first kappa shape index (κ1) is 15.0. The lowest BCUT2D eigenvalue weighted by Gasteiger charge is -2.19. The van der Waals surface area contributed by atoms with Crippen LogP contribution in [0.25, 0.3) is 0 Å². The van der Waals surface area contributed by atoms with Crippen molar-refractivity contribution in [3.05, 3.63) is 48.3 Å². The molecule has 3 rings (SSSR count). The molecule has 0 aliphatic carbocycles. The molecule has 118 valence electrons. The number of aromatic nitrogens is 4. The van der Waals surface area contributed by atoms with Crippen molar-refractivity contribution in [2.75, 3.05) is 13.2 Å². The van der Waals surface area contributed by atoms with Crippen molar-refractivity contribution >= 4 is 0 Å². The number of hydrogen-bond acceptors (Lipinski definition) is 4. The van der Waals surface area contributed by atoms with E-state index in [4.69, 9.17) is 4.74 Å². The van der Waals surface area contributed by atoms with E-state index in [1.165, 1.54) is 11.3 Å². The van der Waals surface area contributed by atoms with Gasteiger partial charge in [0.1, 0.15) is 0 Å². The van der Waals surface area contributed by atoms with Gasteiger partial charge in [-0.15, -0.1) is 6.58 Å². The first-order valence-corrected chi connectivity index (χ1v) is 7.67. The van der Waals surface area contributed by atoms with Crippen molar-refractivity contribution in [2.45, 2.75) is 32.7 Å². The molecule has 0 fully saturated rings. The number of aryl methyl sites for hydroxylation is 2. The summed E-state index contributed by atoms with van der Waals surface area (Å²) >= 11 is 0. The van der Waals surface area contributed by atoms with Gasteiger partial charge in [-0.05, 0) is 6.42 Å². The molecule has 22 heavy (non-hydrogen) atoms. The molecule has 1 aliphatic heterocycles. The average molecular weight is 301 g/mol. The Hall–Kier alpha value is -1.92. The summed E-state index contributed by atoms with van der Waals surface area (Å²) in [5, 5.41) is 4.25. The third kappa shape index (κ3) is 3.45. The fourth-order valence-corrected chi connectivity index (χ4v) is 2.89. The van der Waals surface area contributed by atoms with Gasteiger partial charge in [0.15, 0.2) is 0 Å². The first-order chi connectivity index (χ1) is 10.8. The molecule has 6 nitrogen and oxygen atoms in total. The summed E-state index contributed by atoms with van der Waals surface area (Å²) in [7, 11) is 1.95. The largest absolute Gasteiger partial charge is 0.371 e. The molecule has 0 amide bonds. The molecule has 3 heterocycles. The van der Waals surface area contributed by atoms with Crippen LogP contribution in [0.15, 0.2) is 31.4 Å². The Morgan fingerprint density at radius 1 is 1.41 bits per heavy atom. The Bertz CT molecular complexity index is 630. The molecule has 6 heteroatoms. The molecule has 0 atom stereocenters. The second-order valence-corrected chi connectivity index (χ2v) is 5.72. The van der Waals surface area contributed by atoms with E-state index >= 15 is 0 Å². The zero-order valence-corrected chi connectivity index (χ0v) is 13.1. The molecule has 2 aromatic heterocycles. The second kappa shape index (κ2) is 6.89. The van der Waals surface area contributed by atoms with E-state index in [9.17, 15) is 0 Å². The second-order valence-electron chi connectivity index (χ2n) is 5.72. The monoisotopic (exact) mass is 301 g/mol. The Kier molecular flexibility index (Phi) is 4.70. The molecule has 0 radical (unpaired) electrons. The fraction of sp³-hybridized carbons (Fsp3) is 0.500. The highest BCUT2D eigenvalue weighted by Crippen LogP contribution is 2.18. The lowest BCUT2D eigenvalue weighted by Crippen LogP contribution is -2.23.